The number of unbranched alkanes of at least 4 members (excludes halogenated alkanes) is 49. The Labute approximate surface area is 456 Å². The van der Waals surface area contributed by atoms with Gasteiger partial charge in [-0.15, -0.1) is 0 Å². The molecule has 6 nitrogen and oxygen atoms in total. The molecule has 73 heavy (non-hydrogen) atoms. The lowest BCUT2D eigenvalue weighted by Crippen LogP contribution is -2.30. The monoisotopic (exact) mass is 1030 g/mol. The molecule has 0 aromatic rings. The summed E-state index contributed by atoms with van der Waals surface area (Å²) in [6, 6.07) is 0. The first-order valence-electron chi connectivity index (χ1n) is 33.2. The average molecular weight is 1030 g/mol. The molecule has 0 N–H and O–H groups in total. The van der Waals surface area contributed by atoms with Crippen molar-refractivity contribution in [1.82, 2.24) is 0 Å². The van der Waals surface area contributed by atoms with Crippen LogP contribution in [0.2, 0.25) is 0 Å². The minimum Gasteiger partial charge on any atom is -0.462 e. The van der Waals surface area contributed by atoms with Gasteiger partial charge in [-0.1, -0.05) is 328 Å². The number of ether oxygens (including phenoxy) is 3. The van der Waals surface area contributed by atoms with Crippen molar-refractivity contribution in [3.63, 3.8) is 0 Å². The standard InChI is InChI=1S/C67H128O6/c1-4-7-10-13-16-18-20-22-24-25-26-27-28-29-30-31-32-33-34-35-36-37-38-39-40-41-42-43-44-46-47-49-51-54-57-60-66(69)72-63-64(62-71-65(68)59-56-53-15-12-9-6-3)73-67(70)61-58-55-52-50-48-45-23-21-19-17-14-11-8-5-2/h21,23,64H,4-20,22,24-63H2,1-3H3/b23-21-. The van der Waals surface area contributed by atoms with E-state index in [1.54, 1.807) is 0 Å². The van der Waals surface area contributed by atoms with E-state index in [0.29, 0.717) is 19.3 Å². The normalized spacial score (nSPS) is 12.0. The third-order valence-electron chi connectivity index (χ3n) is 15.3. The molecular weight excluding hydrogens is 901 g/mol. The van der Waals surface area contributed by atoms with Gasteiger partial charge in [0.05, 0.1) is 0 Å². The SMILES string of the molecule is CCCCCCC/C=C\CCCCCCCC(=O)OC(COC(=O)CCCCCCCC)COC(=O)CCCCCCCCCCCCCCCCCCCCCCCCCCCCCCCCCCCCC. The number of hydrogen-bond acceptors (Lipinski definition) is 6. The molecule has 0 radical (unpaired) electrons. The van der Waals surface area contributed by atoms with Gasteiger partial charge in [0, 0.05) is 19.3 Å². The Balaban J connectivity index is 3.83. The van der Waals surface area contributed by atoms with Crippen molar-refractivity contribution in [3.8, 4) is 0 Å². The van der Waals surface area contributed by atoms with Gasteiger partial charge >= 0.3 is 17.9 Å². The van der Waals surface area contributed by atoms with E-state index in [1.807, 2.05) is 0 Å². The summed E-state index contributed by atoms with van der Waals surface area (Å²) in [5, 5.41) is 0. The first-order chi connectivity index (χ1) is 36.0. The van der Waals surface area contributed by atoms with E-state index >= 15 is 0 Å². The zero-order valence-electron chi connectivity index (χ0n) is 49.7. The Kier molecular flexibility index (Phi) is 61.1. The van der Waals surface area contributed by atoms with Crippen molar-refractivity contribution >= 4 is 17.9 Å². The molecule has 0 aliphatic carbocycles. The van der Waals surface area contributed by atoms with E-state index in [1.165, 1.54) is 276 Å². The highest BCUT2D eigenvalue weighted by Gasteiger charge is 2.19. The van der Waals surface area contributed by atoms with Gasteiger partial charge < -0.3 is 14.2 Å². The fourth-order valence-corrected chi connectivity index (χ4v) is 10.3. The summed E-state index contributed by atoms with van der Waals surface area (Å²) >= 11 is 0. The quantitative estimate of drug-likeness (QED) is 0.0261. The van der Waals surface area contributed by atoms with Crippen LogP contribution < -0.4 is 0 Å². The Morgan fingerprint density at radius 1 is 0.260 bits per heavy atom. The lowest BCUT2D eigenvalue weighted by Gasteiger charge is -2.18. The van der Waals surface area contributed by atoms with Crippen LogP contribution in [0.25, 0.3) is 0 Å². The second-order valence-corrected chi connectivity index (χ2v) is 22.7. The Hall–Kier alpha value is -1.85. The number of rotatable bonds is 62. The maximum Gasteiger partial charge on any atom is 0.306 e. The summed E-state index contributed by atoms with van der Waals surface area (Å²) in [6.45, 7) is 6.62. The summed E-state index contributed by atoms with van der Waals surface area (Å²) in [4.78, 5) is 37.9. The van der Waals surface area contributed by atoms with Crippen LogP contribution in [0.5, 0.6) is 0 Å². The van der Waals surface area contributed by atoms with Gasteiger partial charge in [-0.3, -0.25) is 14.4 Å². The average Bonchev–Trinajstić information content (AvgIpc) is 3.39. The third-order valence-corrected chi connectivity index (χ3v) is 15.3. The van der Waals surface area contributed by atoms with Crippen molar-refractivity contribution in [3.05, 3.63) is 12.2 Å². The molecule has 0 bridgehead atoms. The Morgan fingerprint density at radius 3 is 0.685 bits per heavy atom. The number of carbonyl (C=O) groups excluding carboxylic acids is 3. The van der Waals surface area contributed by atoms with E-state index in [0.717, 1.165) is 64.2 Å². The van der Waals surface area contributed by atoms with E-state index < -0.39 is 6.10 Å². The number of carbonyl (C=O) groups is 3. The maximum absolute atomic E-state index is 12.8. The van der Waals surface area contributed by atoms with Crippen molar-refractivity contribution < 1.29 is 28.6 Å². The molecule has 432 valence electrons. The first-order valence-corrected chi connectivity index (χ1v) is 33.2. The van der Waals surface area contributed by atoms with Gasteiger partial charge in [-0.05, 0) is 44.9 Å². The Bertz CT molecular complexity index is 1130. The summed E-state index contributed by atoms with van der Waals surface area (Å²) in [6.07, 6.45) is 74.4. The molecule has 0 heterocycles. The van der Waals surface area contributed by atoms with E-state index in [-0.39, 0.29) is 31.1 Å². The minimum absolute atomic E-state index is 0.0686. The van der Waals surface area contributed by atoms with Gasteiger partial charge in [-0.25, -0.2) is 0 Å². The van der Waals surface area contributed by atoms with Crippen LogP contribution in [0.3, 0.4) is 0 Å². The summed E-state index contributed by atoms with van der Waals surface area (Å²) in [7, 11) is 0. The molecule has 0 aromatic heterocycles. The highest BCUT2D eigenvalue weighted by Crippen LogP contribution is 2.19. The highest BCUT2D eigenvalue weighted by atomic mass is 16.6. The summed E-state index contributed by atoms with van der Waals surface area (Å²) in [5.74, 6) is -0.865. The van der Waals surface area contributed by atoms with Crippen molar-refractivity contribution in [2.45, 2.75) is 386 Å². The molecule has 0 amide bonds. The van der Waals surface area contributed by atoms with Crippen LogP contribution in [-0.2, 0) is 28.6 Å². The van der Waals surface area contributed by atoms with Crippen LogP contribution in [0.1, 0.15) is 380 Å². The lowest BCUT2D eigenvalue weighted by molar-refractivity contribution is -0.167. The van der Waals surface area contributed by atoms with Gasteiger partial charge in [0.25, 0.3) is 0 Å². The van der Waals surface area contributed by atoms with Crippen LogP contribution in [0.15, 0.2) is 12.2 Å². The number of esters is 3. The molecule has 0 saturated heterocycles. The van der Waals surface area contributed by atoms with Crippen LogP contribution in [0.4, 0.5) is 0 Å². The molecule has 6 heteroatoms. The maximum atomic E-state index is 12.8. The van der Waals surface area contributed by atoms with Crippen LogP contribution in [0, 0.1) is 0 Å². The summed E-state index contributed by atoms with van der Waals surface area (Å²) < 4.78 is 16.8. The third kappa shape index (κ3) is 60.9. The highest BCUT2D eigenvalue weighted by molar-refractivity contribution is 5.71. The van der Waals surface area contributed by atoms with Gasteiger partial charge in [0.2, 0.25) is 0 Å². The number of allylic oxidation sites excluding steroid dienone is 2. The smallest absolute Gasteiger partial charge is 0.306 e. The van der Waals surface area contributed by atoms with Crippen LogP contribution >= 0.6 is 0 Å². The predicted molar refractivity (Wildman–Crippen MR) is 317 cm³/mol. The first kappa shape index (κ1) is 71.2. The molecule has 0 fully saturated rings. The molecule has 0 rings (SSSR count). The summed E-state index contributed by atoms with van der Waals surface area (Å²) in [5.41, 5.74) is 0. The van der Waals surface area contributed by atoms with Gasteiger partial charge in [0.1, 0.15) is 13.2 Å². The molecule has 0 saturated carbocycles. The van der Waals surface area contributed by atoms with Crippen molar-refractivity contribution in [1.29, 1.82) is 0 Å². The molecule has 1 unspecified atom stereocenters. The lowest BCUT2D eigenvalue weighted by atomic mass is 10.0. The molecule has 0 aliphatic rings. The van der Waals surface area contributed by atoms with Gasteiger partial charge in [0.15, 0.2) is 6.10 Å². The predicted octanol–water partition coefficient (Wildman–Crippen LogP) is 22.4. The fourth-order valence-electron chi connectivity index (χ4n) is 10.3. The molecule has 0 spiro atoms. The zero-order chi connectivity index (χ0) is 52.9. The molecule has 0 aliphatic heterocycles. The van der Waals surface area contributed by atoms with Gasteiger partial charge in [-0.2, -0.15) is 0 Å². The number of hydrogen-bond donors (Lipinski definition) is 0. The zero-order valence-corrected chi connectivity index (χ0v) is 49.7. The largest absolute Gasteiger partial charge is 0.462 e. The van der Waals surface area contributed by atoms with E-state index in [9.17, 15) is 14.4 Å². The fraction of sp³-hybridized carbons (Fsp3) is 0.925. The Morgan fingerprint density at radius 2 is 0.452 bits per heavy atom. The molecule has 1 atom stereocenters. The molecular formula is C67H128O6. The van der Waals surface area contributed by atoms with Crippen LogP contribution in [-0.4, -0.2) is 37.2 Å². The van der Waals surface area contributed by atoms with E-state index in [4.69, 9.17) is 14.2 Å². The van der Waals surface area contributed by atoms with Crippen molar-refractivity contribution in [2.75, 3.05) is 13.2 Å². The second-order valence-electron chi connectivity index (χ2n) is 22.7. The minimum atomic E-state index is -0.767. The van der Waals surface area contributed by atoms with E-state index in [2.05, 4.69) is 32.9 Å². The second kappa shape index (κ2) is 62.7. The molecule has 0 aromatic carbocycles. The topological polar surface area (TPSA) is 78.9 Å². The van der Waals surface area contributed by atoms with Crippen molar-refractivity contribution in [2.24, 2.45) is 0 Å².